The third-order valence-corrected chi connectivity index (χ3v) is 8.13. The highest BCUT2D eigenvalue weighted by Crippen LogP contribution is 2.28. The zero-order valence-electron chi connectivity index (χ0n) is 23.5. The number of carbonyl (C=O) groups excluding carboxylic acids is 3. The Morgan fingerprint density at radius 3 is 2.32 bits per heavy atom. The van der Waals surface area contributed by atoms with Crippen LogP contribution in [0.1, 0.15) is 48.8 Å². The molecule has 0 aliphatic carbocycles. The minimum absolute atomic E-state index is 0.0225. The number of carbonyl (C=O) groups is 3. The van der Waals surface area contributed by atoms with Gasteiger partial charge in [-0.2, -0.15) is 0 Å². The van der Waals surface area contributed by atoms with Gasteiger partial charge in [-0.1, -0.05) is 57.2 Å². The molecule has 0 bridgehead atoms. The number of thiazole rings is 1. The summed E-state index contributed by atoms with van der Waals surface area (Å²) in [5.74, 6) is -1.36. The van der Waals surface area contributed by atoms with Crippen molar-refractivity contribution in [3.8, 4) is 10.4 Å². The van der Waals surface area contributed by atoms with Gasteiger partial charge in [-0.15, -0.1) is 11.3 Å². The molecule has 3 amide bonds. The Hall–Kier alpha value is -3.58. The zero-order chi connectivity index (χ0) is 29.9. The van der Waals surface area contributed by atoms with Gasteiger partial charge in [0.05, 0.1) is 22.2 Å². The molecule has 1 aromatic heterocycles. The van der Waals surface area contributed by atoms with Gasteiger partial charge >= 0.3 is 7.12 Å². The highest BCUT2D eigenvalue weighted by atomic mass is 32.1. The Balaban J connectivity index is 1.43. The van der Waals surface area contributed by atoms with Crippen molar-refractivity contribution in [2.24, 2.45) is 5.41 Å². The lowest BCUT2D eigenvalue weighted by Gasteiger charge is -2.35. The van der Waals surface area contributed by atoms with Crippen LogP contribution in [0, 0.1) is 12.3 Å². The number of aryl methyl sites for hydroxylation is 1. The highest BCUT2D eigenvalue weighted by molar-refractivity contribution is 7.13. The number of β-amino-alcohol motifs (C(OH)–C–C–N with tert-alkyl or cyclic N) is 1. The first-order valence-corrected chi connectivity index (χ1v) is 14.3. The molecule has 2 heterocycles. The van der Waals surface area contributed by atoms with Crippen LogP contribution in [0.4, 0.5) is 0 Å². The molecule has 1 saturated heterocycles. The van der Waals surface area contributed by atoms with E-state index >= 15 is 0 Å². The van der Waals surface area contributed by atoms with E-state index < -0.39 is 42.5 Å². The zero-order valence-corrected chi connectivity index (χ0v) is 24.3. The first-order chi connectivity index (χ1) is 19.3. The number of benzene rings is 2. The molecule has 1 aliphatic heterocycles. The van der Waals surface area contributed by atoms with Crippen LogP contribution in [0.5, 0.6) is 0 Å². The number of amides is 3. The van der Waals surface area contributed by atoms with Crippen LogP contribution in [0.25, 0.3) is 10.4 Å². The standard InChI is InChI=1S/C29H35BN4O6S/c1-17-24(41-16-32-17)19-7-5-18(6-8-19)14-31-27(37)23-13-22(35)15-34(23)28(38)25(29(2,3)4)33-26(36)20-9-11-21(12-10-20)30(39)40/h5-12,16,22-23,25,35,39-40H,13-15H2,1-4H3,(H,31,37)(H,33,36)/t22-,23+,25-/m1/s1. The molecule has 0 radical (unpaired) electrons. The van der Waals surface area contributed by atoms with Crippen LogP contribution >= 0.6 is 11.3 Å². The maximum absolute atomic E-state index is 13.8. The molecule has 4 rings (SSSR count). The van der Waals surface area contributed by atoms with E-state index in [2.05, 4.69) is 15.6 Å². The number of aliphatic hydroxyl groups is 1. The number of hydrogen-bond acceptors (Lipinski definition) is 8. The number of nitrogens with one attached hydrogen (secondary N) is 2. The topological polar surface area (TPSA) is 152 Å². The lowest BCUT2D eigenvalue weighted by atomic mass is 9.80. The molecule has 12 heteroatoms. The van der Waals surface area contributed by atoms with E-state index in [1.54, 1.807) is 37.6 Å². The summed E-state index contributed by atoms with van der Waals surface area (Å²) in [6, 6.07) is 11.7. The van der Waals surface area contributed by atoms with E-state index in [0.29, 0.717) is 0 Å². The number of nitrogens with zero attached hydrogens (tertiary/aromatic N) is 2. The molecule has 0 spiro atoms. The average molecular weight is 579 g/mol. The van der Waals surface area contributed by atoms with Crippen LogP contribution in [0.2, 0.25) is 0 Å². The first kappa shape index (κ1) is 30.4. The van der Waals surface area contributed by atoms with Crippen molar-refractivity contribution in [1.82, 2.24) is 20.5 Å². The van der Waals surface area contributed by atoms with Gasteiger partial charge in [-0.3, -0.25) is 14.4 Å². The Morgan fingerprint density at radius 2 is 1.76 bits per heavy atom. The van der Waals surface area contributed by atoms with E-state index in [0.717, 1.165) is 21.7 Å². The van der Waals surface area contributed by atoms with Crippen molar-refractivity contribution in [2.45, 2.75) is 58.8 Å². The van der Waals surface area contributed by atoms with Crippen molar-refractivity contribution in [3.63, 3.8) is 0 Å². The molecular weight excluding hydrogens is 543 g/mol. The average Bonchev–Trinajstić information content (AvgIpc) is 3.54. The molecule has 0 saturated carbocycles. The van der Waals surface area contributed by atoms with Gasteiger partial charge in [0.15, 0.2) is 0 Å². The first-order valence-electron chi connectivity index (χ1n) is 13.4. The maximum Gasteiger partial charge on any atom is 0.488 e. The molecular formula is C29H35BN4O6S. The highest BCUT2D eigenvalue weighted by Gasteiger charge is 2.44. The monoisotopic (exact) mass is 578 g/mol. The number of aliphatic hydroxyl groups excluding tert-OH is 1. The largest absolute Gasteiger partial charge is 0.488 e. The van der Waals surface area contributed by atoms with Crippen molar-refractivity contribution in [1.29, 1.82) is 0 Å². The number of hydrogen-bond donors (Lipinski definition) is 5. The maximum atomic E-state index is 13.8. The number of aromatic nitrogens is 1. The molecule has 3 aromatic rings. The fraction of sp³-hybridized carbons (Fsp3) is 0.379. The normalized spacial score (nSPS) is 17.7. The summed E-state index contributed by atoms with van der Waals surface area (Å²) in [6.45, 7) is 7.61. The summed E-state index contributed by atoms with van der Waals surface area (Å²) in [5, 5.41) is 34.7. The third-order valence-electron chi connectivity index (χ3n) is 7.15. The summed E-state index contributed by atoms with van der Waals surface area (Å²) in [7, 11) is -1.66. The summed E-state index contributed by atoms with van der Waals surface area (Å²) < 4.78 is 0. The Morgan fingerprint density at radius 1 is 1.10 bits per heavy atom. The summed E-state index contributed by atoms with van der Waals surface area (Å²) in [5.41, 5.74) is 4.47. The van der Waals surface area contributed by atoms with Gasteiger partial charge in [0.2, 0.25) is 11.8 Å². The van der Waals surface area contributed by atoms with Crippen LogP contribution in [-0.2, 0) is 16.1 Å². The molecule has 5 N–H and O–H groups in total. The van der Waals surface area contributed by atoms with E-state index in [9.17, 15) is 29.5 Å². The lowest BCUT2D eigenvalue weighted by molar-refractivity contribution is -0.142. The van der Waals surface area contributed by atoms with Crippen LogP contribution in [0.15, 0.2) is 54.0 Å². The second-order valence-electron chi connectivity index (χ2n) is 11.3. The predicted octanol–water partition coefficient (Wildman–Crippen LogP) is 1.22. The Labute approximate surface area is 243 Å². The number of rotatable bonds is 8. The summed E-state index contributed by atoms with van der Waals surface area (Å²) >= 11 is 1.57. The van der Waals surface area contributed by atoms with Crippen LogP contribution < -0.4 is 16.1 Å². The van der Waals surface area contributed by atoms with Crippen LogP contribution in [0.3, 0.4) is 0 Å². The molecule has 2 aromatic carbocycles. The fourth-order valence-electron chi connectivity index (χ4n) is 4.80. The van der Waals surface area contributed by atoms with E-state index in [-0.39, 0.29) is 36.4 Å². The molecule has 41 heavy (non-hydrogen) atoms. The van der Waals surface area contributed by atoms with Crippen molar-refractivity contribution >= 4 is 41.6 Å². The van der Waals surface area contributed by atoms with Gasteiger partial charge in [-0.25, -0.2) is 4.98 Å². The summed E-state index contributed by atoms with van der Waals surface area (Å²) in [6.07, 6.45) is -0.776. The quantitative estimate of drug-likeness (QED) is 0.252. The van der Waals surface area contributed by atoms with E-state index in [1.807, 2.05) is 31.2 Å². The smallest absolute Gasteiger partial charge is 0.423 e. The van der Waals surface area contributed by atoms with Crippen LogP contribution in [-0.4, -0.2) is 74.6 Å². The van der Waals surface area contributed by atoms with Gasteiger partial charge in [0, 0.05) is 25.1 Å². The van der Waals surface area contributed by atoms with E-state index in [4.69, 9.17) is 0 Å². The van der Waals surface area contributed by atoms with Crippen molar-refractivity contribution in [2.75, 3.05) is 6.54 Å². The SMILES string of the molecule is Cc1ncsc1-c1ccc(CNC(=O)[C@@H]2C[C@@H](O)CN2C(=O)[C@@H](NC(=O)c2ccc(B(O)O)cc2)C(C)(C)C)cc1. The second kappa shape index (κ2) is 12.5. The fourth-order valence-corrected chi connectivity index (χ4v) is 5.61. The van der Waals surface area contributed by atoms with Gasteiger partial charge in [-0.05, 0) is 41.1 Å². The molecule has 10 nitrogen and oxygen atoms in total. The van der Waals surface area contributed by atoms with E-state index in [1.165, 1.54) is 29.2 Å². The molecule has 216 valence electrons. The minimum Gasteiger partial charge on any atom is -0.423 e. The molecule has 3 atom stereocenters. The second-order valence-corrected chi connectivity index (χ2v) is 12.2. The summed E-state index contributed by atoms with van der Waals surface area (Å²) in [4.78, 5) is 46.7. The molecule has 1 aliphatic rings. The molecule has 1 fully saturated rings. The number of likely N-dealkylation sites (tertiary alicyclic amines) is 1. The Bertz CT molecular complexity index is 1390. The van der Waals surface area contributed by atoms with Gasteiger partial charge in [0.25, 0.3) is 5.91 Å². The minimum atomic E-state index is -1.66. The van der Waals surface area contributed by atoms with Gasteiger partial charge < -0.3 is 30.7 Å². The Kier molecular flexibility index (Phi) is 9.28. The van der Waals surface area contributed by atoms with Crippen molar-refractivity contribution < 1.29 is 29.5 Å². The lowest BCUT2D eigenvalue weighted by Crippen LogP contribution is -2.57. The third kappa shape index (κ3) is 7.20. The molecule has 0 unspecified atom stereocenters. The van der Waals surface area contributed by atoms with Crippen molar-refractivity contribution in [3.05, 3.63) is 70.9 Å². The van der Waals surface area contributed by atoms with Gasteiger partial charge in [0.1, 0.15) is 12.1 Å². The predicted molar refractivity (Wildman–Crippen MR) is 157 cm³/mol.